The lowest BCUT2D eigenvalue weighted by molar-refractivity contribution is -0.0388. The molecule has 4 aromatic rings. The van der Waals surface area contributed by atoms with Crippen molar-refractivity contribution in [3.63, 3.8) is 0 Å². The molecule has 2 fully saturated rings. The molecular formula is C52H66O6. The van der Waals surface area contributed by atoms with E-state index >= 15 is 0 Å². The summed E-state index contributed by atoms with van der Waals surface area (Å²) in [6, 6.07) is 33.2. The lowest BCUT2D eigenvalue weighted by atomic mass is 9.75. The lowest BCUT2D eigenvalue weighted by Gasteiger charge is -2.31. The van der Waals surface area contributed by atoms with Crippen molar-refractivity contribution >= 4 is 11.9 Å². The van der Waals surface area contributed by atoms with Gasteiger partial charge < -0.3 is 18.9 Å². The molecule has 0 saturated heterocycles. The van der Waals surface area contributed by atoms with E-state index in [1.165, 1.54) is 89.9 Å². The number of carbonyl (C=O) groups is 2. The minimum Gasteiger partial charge on any atom is -0.494 e. The van der Waals surface area contributed by atoms with Crippen molar-refractivity contribution in [3.8, 4) is 11.5 Å². The van der Waals surface area contributed by atoms with Crippen LogP contribution in [-0.4, -0.2) is 25.2 Å². The third kappa shape index (κ3) is 12.7. The molecule has 0 N–H and O–H groups in total. The van der Waals surface area contributed by atoms with E-state index in [2.05, 4.69) is 13.8 Å². The molecule has 0 spiro atoms. The smallest absolute Gasteiger partial charge is 0.338 e. The second kappa shape index (κ2) is 23.1. The summed E-state index contributed by atoms with van der Waals surface area (Å²) in [5, 5.41) is 0. The predicted octanol–water partition coefficient (Wildman–Crippen LogP) is 13.7. The van der Waals surface area contributed by atoms with Gasteiger partial charge in [0.15, 0.2) is 12.2 Å². The Bertz CT molecular complexity index is 1640. The monoisotopic (exact) mass is 786 g/mol. The summed E-state index contributed by atoms with van der Waals surface area (Å²) in [4.78, 5) is 27.6. The van der Waals surface area contributed by atoms with Gasteiger partial charge in [-0.15, -0.1) is 0 Å². The van der Waals surface area contributed by atoms with Crippen LogP contribution < -0.4 is 9.47 Å². The van der Waals surface area contributed by atoms with Crippen LogP contribution in [0.2, 0.25) is 0 Å². The number of hydrogen-bond donors (Lipinski definition) is 0. The van der Waals surface area contributed by atoms with Gasteiger partial charge in [-0.1, -0.05) is 152 Å². The molecule has 0 amide bonds. The number of esters is 2. The Labute approximate surface area is 348 Å². The van der Waals surface area contributed by atoms with E-state index in [-0.39, 0.29) is 0 Å². The highest BCUT2D eigenvalue weighted by molar-refractivity contribution is 5.90. The lowest BCUT2D eigenvalue weighted by Crippen LogP contribution is -2.23. The Balaban J connectivity index is 1.07. The third-order valence-electron chi connectivity index (χ3n) is 12.6. The minimum absolute atomic E-state index is 0.395. The molecule has 6 rings (SSSR count). The van der Waals surface area contributed by atoms with Crippen molar-refractivity contribution in [3.05, 3.63) is 131 Å². The van der Waals surface area contributed by atoms with Crippen LogP contribution in [0.15, 0.2) is 109 Å². The van der Waals surface area contributed by atoms with E-state index in [0.29, 0.717) is 24.3 Å². The Hall–Kier alpha value is -4.58. The first-order valence-corrected chi connectivity index (χ1v) is 22.5. The topological polar surface area (TPSA) is 71.1 Å². The second-order valence-corrected chi connectivity index (χ2v) is 16.7. The first-order valence-electron chi connectivity index (χ1n) is 22.5. The van der Waals surface area contributed by atoms with Gasteiger partial charge in [0.1, 0.15) is 11.5 Å². The van der Waals surface area contributed by atoms with Crippen molar-refractivity contribution in [1.82, 2.24) is 0 Å². The van der Waals surface area contributed by atoms with Crippen LogP contribution in [-0.2, 0) is 9.47 Å². The fourth-order valence-corrected chi connectivity index (χ4v) is 9.54. The maximum atomic E-state index is 13.8. The molecule has 2 aliphatic rings. The number of carbonyl (C=O) groups excluding carboxylic acids is 2. The van der Waals surface area contributed by atoms with Crippen LogP contribution in [0, 0.1) is 23.7 Å². The van der Waals surface area contributed by atoms with E-state index in [4.69, 9.17) is 18.9 Å². The van der Waals surface area contributed by atoms with Crippen molar-refractivity contribution in [2.24, 2.45) is 23.7 Å². The summed E-state index contributed by atoms with van der Waals surface area (Å²) in [7, 11) is 0. The van der Waals surface area contributed by atoms with Crippen molar-refractivity contribution < 1.29 is 28.5 Å². The molecule has 6 heteroatoms. The van der Waals surface area contributed by atoms with Crippen LogP contribution in [0.1, 0.15) is 161 Å². The standard InChI is InChI=1S/C52H66O6/c1-3-17-39-19-11-13-21-41(39)27-15-37-55-47-33-29-45(30-34-47)51(53)57-49(43-23-7-5-8-24-43)50(44-25-9-6-10-26-44)58-52(54)46-31-35-48(36-32-46)56-38-16-28-42-22-14-12-20-40(42)18-4-2/h5-10,23-26,29-36,39-42,49-50H,3-4,11-22,27-28,37-38H2,1-2H3/t39?,40?,41?,42?,49-,50-/m1/s1. The van der Waals surface area contributed by atoms with Crippen LogP contribution in [0.3, 0.4) is 0 Å². The summed E-state index contributed by atoms with van der Waals surface area (Å²) >= 11 is 0. The van der Waals surface area contributed by atoms with Gasteiger partial charge in [0.05, 0.1) is 24.3 Å². The van der Waals surface area contributed by atoms with Crippen LogP contribution in [0.4, 0.5) is 0 Å². The van der Waals surface area contributed by atoms with Crippen molar-refractivity contribution in [1.29, 1.82) is 0 Å². The highest BCUT2D eigenvalue weighted by Crippen LogP contribution is 2.39. The molecule has 6 nitrogen and oxygen atoms in total. The second-order valence-electron chi connectivity index (χ2n) is 16.7. The molecule has 0 aliphatic heterocycles. The molecule has 4 aromatic carbocycles. The average Bonchev–Trinajstić information content (AvgIpc) is 3.27. The molecule has 6 atom stereocenters. The molecule has 0 radical (unpaired) electrons. The summed E-state index contributed by atoms with van der Waals surface area (Å²) in [5.74, 6) is 3.80. The molecule has 0 aromatic heterocycles. The first kappa shape index (κ1) is 43.0. The normalized spacial score (nSPS) is 20.4. The third-order valence-corrected chi connectivity index (χ3v) is 12.6. The fraction of sp³-hybridized carbons (Fsp3) is 0.500. The van der Waals surface area contributed by atoms with Gasteiger partial charge >= 0.3 is 11.9 Å². The Morgan fingerprint density at radius 2 is 0.828 bits per heavy atom. The summed E-state index contributed by atoms with van der Waals surface area (Å²) in [5.41, 5.74) is 2.22. The summed E-state index contributed by atoms with van der Waals surface area (Å²) in [6.07, 6.45) is 18.8. The SMILES string of the molecule is CCCC1CCCCC1CCCOc1ccc(C(=O)O[C@H](c2ccccc2)[C@H](OC(=O)c2ccc(OCCCC3CCCCC3CCC)cc2)c2ccccc2)cc1. The van der Waals surface area contributed by atoms with Crippen LogP contribution in [0.25, 0.3) is 0 Å². The number of benzene rings is 4. The first-order chi connectivity index (χ1) is 28.5. The van der Waals surface area contributed by atoms with E-state index in [0.717, 1.165) is 59.1 Å². The van der Waals surface area contributed by atoms with Crippen LogP contribution >= 0.6 is 0 Å². The molecule has 4 unspecified atom stereocenters. The van der Waals surface area contributed by atoms with Gasteiger partial charge in [-0.05, 0) is 109 Å². The van der Waals surface area contributed by atoms with Gasteiger partial charge in [-0.2, -0.15) is 0 Å². The minimum atomic E-state index is -0.906. The van der Waals surface area contributed by atoms with E-state index in [1.54, 1.807) is 24.3 Å². The molecule has 2 aliphatic carbocycles. The quantitative estimate of drug-likeness (QED) is 0.0619. The predicted molar refractivity (Wildman–Crippen MR) is 232 cm³/mol. The Morgan fingerprint density at radius 3 is 1.17 bits per heavy atom. The number of hydrogen-bond acceptors (Lipinski definition) is 6. The number of ether oxygens (including phenoxy) is 4. The molecule has 310 valence electrons. The molecule has 0 heterocycles. The maximum Gasteiger partial charge on any atom is 0.338 e. The molecule has 58 heavy (non-hydrogen) atoms. The van der Waals surface area contributed by atoms with E-state index in [1.807, 2.05) is 84.9 Å². The Kier molecular flexibility index (Phi) is 17.1. The van der Waals surface area contributed by atoms with E-state index < -0.39 is 24.1 Å². The van der Waals surface area contributed by atoms with Crippen LogP contribution in [0.5, 0.6) is 11.5 Å². The Morgan fingerprint density at radius 1 is 0.483 bits per heavy atom. The number of rotatable bonds is 21. The highest BCUT2D eigenvalue weighted by atomic mass is 16.6. The van der Waals surface area contributed by atoms with Crippen molar-refractivity contribution in [2.45, 2.75) is 129 Å². The molecule has 0 bridgehead atoms. The van der Waals surface area contributed by atoms with Gasteiger partial charge in [-0.3, -0.25) is 0 Å². The average molecular weight is 787 g/mol. The summed E-state index contributed by atoms with van der Waals surface area (Å²) in [6.45, 7) is 5.91. The van der Waals surface area contributed by atoms with Gasteiger partial charge in [0, 0.05) is 0 Å². The highest BCUT2D eigenvalue weighted by Gasteiger charge is 2.33. The zero-order chi connectivity index (χ0) is 40.4. The summed E-state index contributed by atoms with van der Waals surface area (Å²) < 4.78 is 24.8. The fourth-order valence-electron chi connectivity index (χ4n) is 9.54. The largest absolute Gasteiger partial charge is 0.494 e. The van der Waals surface area contributed by atoms with Gasteiger partial charge in [0.25, 0.3) is 0 Å². The zero-order valence-electron chi connectivity index (χ0n) is 35.0. The maximum absolute atomic E-state index is 13.8. The van der Waals surface area contributed by atoms with Gasteiger partial charge in [-0.25, -0.2) is 9.59 Å². The molecular weight excluding hydrogens is 721 g/mol. The zero-order valence-corrected chi connectivity index (χ0v) is 35.0. The van der Waals surface area contributed by atoms with Gasteiger partial charge in [0.2, 0.25) is 0 Å². The van der Waals surface area contributed by atoms with E-state index in [9.17, 15) is 9.59 Å². The molecule has 2 saturated carbocycles. The van der Waals surface area contributed by atoms with Crippen molar-refractivity contribution in [2.75, 3.05) is 13.2 Å².